The molecule has 0 aromatic carbocycles. The van der Waals surface area contributed by atoms with Crippen LogP contribution in [-0.2, 0) is 4.79 Å². The van der Waals surface area contributed by atoms with Crippen LogP contribution in [0.4, 0.5) is 13.2 Å². The number of likely N-dealkylation sites (tertiary alicyclic amines) is 1. The minimum absolute atomic E-state index is 0.0985. The number of pyridine rings is 1. The highest BCUT2D eigenvalue weighted by Crippen LogP contribution is 2.28. The van der Waals surface area contributed by atoms with Gasteiger partial charge in [0.05, 0.1) is 11.5 Å². The molecule has 10 heteroatoms. The minimum Gasteiger partial charge on any atom is -0.467 e. The summed E-state index contributed by atoms with van der Waals surface area (Å²) in [5.41, 5.74) is 5.41. The predicted octanol–water partition coefficient (Wildman–Crippen LogP) is 2.40. The Labute approximate surface area is 147 Å². The fraction of sp³-hybridized carbons (Fsp3) is 0.533. The molecular weight excluding hydrogens is 363 g/mol. The molecule has 25 heavy (non-hydrogen) atoms. The molecule has 0 saturated carbocycles. The van der Waals surface area contributed by atoms with E-state index in [4.69, 9.17) is 17.3 Å². The monoisotopic (exact) mass is 379 g/mol. The smallest absolute Gasteiger partial charge is 0.422 e. The van der Waals surface area contributed by atoms with Crippen molar-refractivity contribution in [3.8, 4) is 5.88 Å². The molecular formula is C15H17ClF3N3O3. The van der Waals surface area contributed by atoms with E-state index in [1.807, 2.05) is 6.92 Å². The van der Waals surface area contributed by atoms with Crippen molar-refractivity contribution in [3.05, 3.63) is 22.8 Å². The molecule has 1 aromatic rings. The number of piperidine rings is 1. The third kappa shape index (κ3) is 4.97. The van der Waals surface area contributed by atoms with E-state index >= 15 is 0 Å². The Morgan fingerprint density at radius 3 is 2.68 bits per heavy atom. The summed E-state index contributed by atoms with van der Waals surface area (Å²) in [7, 11) is 0. The molecule has 1 aromatic heterocycles. The minimum atomic E-state index is -4.52. The highest BCUT2D eigenvalue weighted by Gasteiger charge is 2.33. The second-order valence-electron chi connectivity index (χ2n) is 5.90. The molecule has 2 rings (SSSR count). The first-order valence-corrected chi connectivity index (χ1v) is 7.91. The van der Waals surface area contributed by atoms with Gasteiger partial charge < -0.3 is 15.4 Å². The Kier molecular flexibility index (Phi) is 5.76. The summed E-state index contributed by atoms with van der Waals surface area (Å²) >= 11 is 5.86. The Balaban J connectivity index is 2.13. The third-order valence-corrected chi connectivity index (χ3v) is 4.24. The molecule has 1 aliphatic heterocycles. The maximum Gasteiger partial charge on any atom is 0.422 e. The van der Waals surface area contributed by atoms with Gasteiger partial charge in [0, 0.05) is 18.8 Å². The number of rotatable bonds is 4. The van der Waals surface area contributed by atoms with Crippen molar-refractivity contribution in [1.29, 1.82) is 0 Å². The largest absolute Gasteiger partial charge is 0.467 e. The van der Waals surface area contributed by atoms with Gasteiger partial charge in [-0.2, -0.15) is 13.2 Å². The number of halogens is 4. The summed E-state index contributed by atoms with van der Waals surface area (Å²) in [6.07, 6.45) is -2.20. The second-order valence-corrected chi connectivity index (χ2v) is 6.31. The number of nitrogens with zero attached hydrogens (tertiary/aromatic N) is 2. The molecule has 2 amide bonds. The van der Waals surface area contributed by atoms with Crippen LogP contribution in [0.1, 0.15) is 30.1 Å². The summed E-state index contributed by atoms with van der Waals surface area (Å²) in [6.45, 7) is 0.487. The van der Waals surface area contributed by atoms with E-state index in [1.54, 1.807) is 0 Å². The van der Waals surface area contributed by atoms with Crippen LogP contribution >= 0.6 is 11.6 Å². The molecule has 2 unspecified atom stereocenters. The van der Waals surface area contributed by atoms with Gasteiger partial charge in [0.15, 0.2) is 6.61 Å². The second kappa shape index (κ2) is 7.47. The van der Waals surface area contributed by atoms with Gasteiger partial charge in [-0.3, -0.25) is 9.59 Å². The Morgan fingerprint density at radius 2 is 2.12 bits per heavy atom. The van der Waals surface area contributed by atoms with Gasteiger partial charge in [0.1, 0.15) is 5.02 Å². The maximum atomic E-state index is 12.6. The normalized spacial score (nSPS) is 21.1. The first-order chi connectivity index (χ1) is 11.6. The van der Waals surface area contributed by atoms with Crippen LogP contribution in [0.5, 0.6) is 5.88 Å². The van der Waals surface area contributed by atoms with E-state index in [9.17, 15) is 22.8 Å². The molecule has 0 radical (unpaired) electrons. The van der Waals surface area contributed by atoms with E-state index in [2.05, 4.69) is 9.72 Å². The van der Waals surface area contributed by atoms with Gasteiger partial charge in [-0.25, -0.2) is 4.98 Å². The number of alkyl halides is 3. The van der Waals surface area contributed by atoms with Crippen molar-refractivity contribution in [3.63, 3.8) is 0 Å². The van der Waals surface area contributed by atoms with Crippen molar-refractivity contribution < 1.29 is 27.5 Å². The molecule has 6 nitrogen and oxygen atoms in total. The molecule has 138 valence electrons. The molecule has 1 aliphatic rings. The Morgan fingerprint density at radius 1 is 1.44 bits per heavy atom. The van der Waals surface area contributed by atoms with Gasteiger partial charge >= 0.3 is 6.18 Å². The summed E-state index contributed by atoms with van der Waals surface area (Å²) in [4.78, 5) is 29.1. The number of carbonyl (C=O) groups is 2. The third-order valence-electron chi connectivity index (χ3n) is 3.97. The summed E-state index contributed by atoms with van der Waals surface area (Å²) in [5.74, 6) is -1.73. The van der Waals surface area contributed by atoms with Crippen LogP contribution in [-0.4, -0.2) is 47.1 Å². The Hall–Kier alpha value is -2.03. The van der Waals surface area contributed by atoms with E-state index in [0.717, 1.165) is 6.20 Å². The lowest BCUT2D eigenvalue weighted by molar-refractivity contribution is -0.154. The zero-order valence-corrected chi connectivity index (χ0v) is 14.1. The molecule has 2 N–H and O–H groups in total. The zero-order valence-electron chi connectivity index (χ0n) is 13.3. The van der Waals surface area contributed by atoms with Crippen LogP contribution in [0.2, 0.25) is 5.02 Å². The molecule has 0 aliphatic carbocycles. The SMILES string of the molecule is CC1CCC(C(N)=O)CN1C(=O)c1cnc(OCC(F)(F)F)c(Cl)c1. The van der Waals surface area contributed by atoms with Gasteiger partial charge in [-0.05, 0) is 25.8 Å². The average Bonchev–Trinajstić information content (AvgIpc) is 2.52. The van der Waals surface area contributed by atoms with Crippen molar-refractivity contribution in [2.45, 2.75) is 32.0 Å². The zero-order chi connectivity index (χ0) is 18.8. The van der Waals surface area contributed by atoms with Crippen molar-refractivity contribution >= 4 is 23.4 Å². The first-order valence-electron chi connectivity index (χ1n) is 7.54. The topological polar surface area (TPSA) is 85.5 Å². The lowest BCUT2D eigenvalue weighted by atomic mass is 9.92. The first kappa shape index (κ1) is 19.3. The molecule has 1 fully saturated rings. The highest BCUT2D eigenvalue weighted by molar-refractivity contribution is 6.32. The number of hydrogen-bond acceptors (Lipinski definition) is 4. The maximum absolute atomic E-state index is 12.6. The van der Waals surface area contributed by atoms with Gasteiger partial charge in [0.25, 0.3) is 5.91 Å². The number of amides is 2. The van der Waals surface area contributed by atoms with Crippen LogP contribution < -0.4 is 10.5 Å². The number of aromatic nitrogens is 1. The number of ether oxygens (including phenoxy) is 1. The average molecular weight is 380 g/mol. The van der Waals surface area contributed by atoms with Crippen LogP contribution in [0.25, 0.3) is 0 Å². The molecule has 0 bridgehead atoms. The van der Waals surface area contributed by atoms with Crippen LogP contribution in [0.3, 0.4) is 0 Å². The number of hydrogen-bond donors (Lipinski definition) is 1. The van der Waals surface area contributed by atoms with E-state index < -0.39 is 36.4 Å². The highest BCUT2D eigenvalue weighted by atomic mass is 35.5. The summed E-state index contributed by atoms with van der Waals surface area (Å²) < 4.78 is 41.0. The molecule has 1 saturated heterocycles. The van der Waals surface area contributed by atoms with E-state index in [1.165, 1.54) is 11.0 Å². The lowest BCUT2D eigenvalue weighted by Crippen LogP contribution is -2.48. The van der Waals surface area contributed by atoms with Crippen molar-refractivity contribution in [1.82, 2.24) is 9.88 Å². The van der Waals surface area contributed by atoms with Crippen molar-refractivity contribution in [2.24, 2.45) is 11.7 Å². The van der Waals surface area contributed by atoms with Crippen LogP contribution in [0, 0.1) is 5.92 Å². The predicted molar refractivity (Wildman–Crippen MR) is 83.2 cm³/mol. The fourth-order valence-corrected chi connectivity index (χ4v) is 2.81. The fourth-order valence-electron chi connectivity index (χ4n) is 2.59. The van der Waals surface area contributed by atoms with Gasteiger partial charge in [-0.1, -0.05) is 11.6 Å². The van der Waals surface area contributed by atoms with Gasteiger partial charge in [0.2, 0.25) is 11.8 Å². The number of primary amides is 1. The quantitative estimate of drug-likeness (QED) is 0.870. The molecule has 0 spiro atoms. The van der Waals surface area contributed by atoms with Gasteiger partial charge in [-0.15, -0.1) is 0 Å². The van der Waals surface area contributed by atoms with Crippen LogP contribution in [0.15, 0.2) is 12.3 Å². The summed E-state index contributed by atoms with van der Waals surface area (Å²) in [6, 6.07) is 1.09. The number of carbonyl (C=O) groups excluding carboxylic acids is 2. The Bertz CT molecular complexity index is 669. The standard InChI is InChI=1S/C15H17ClF3N3O3/c1-8-2-3-9(12(20)23)6-22(8)14(24)10-4-11(16)13(21-5-10)25-7-15(17,18)19/h4-5,8-9H,2-3,6-7H2,1H3,(H2,20,23). The van der Waals surface area contributed by atoms with E-state index in [0.29, 0.717) is 12.8 Å². The molecule has 2 heterocycles. The lowest BCUT2D eigenvalue weighted by Gasteiger charge is -2.36. The van der Waals surface area contributed by atoms with E-state index in [-0.39, 0.29) is 23.2 Å². The number of nitrogens with two attached hydrogens (primary N) is 1. The summed E-state index contributed by atoms with van der Waals surface area (Å²) in [5, 5.41) is -0.203. The molecule has 2 atom stereocenters. The van der Waals surface area contributed by atoms with Crippen molar-refractivity contribution in [2.75, 3.05) is 13.2 Å².